The van der Waals surface area contributed by atoms with E-state index < -0.39 is 0 Å². The maximum Gasteiger partial charge on any atom is 0.146 e. The summed E-state index contributed by atoms with van der Waals surface area (Å²) >= 11 is 1.59. The molecule has 84 valence electrons. The highest BCUT2D eigenvalue weighted by Gasteiger charge is 2.05. The van der Waals surface area contributed by atoms with Gasteiger partial charge in [-0.2, -0.15) is 0 Å². The van der Waals surface area contributed by atoms with Crippen LogP contribution in [0.2, 0.25) is 0 Å². The number of aromatic nitrogens is 1. The minimum absolute atomic E-state index is 0.256. The first-order valence-corrected chi connectivity index (χ1v) is 6.06. The van der Waals surface area contributed by atoms with Crippen molar-refractivity contribution < 1.29 is 4.39 Å². The Labute approximate surface area is 102 Å². The fraction of sp³-hybridized carbons (Fsp3) is 0. The van der Waals surface area contributed by atoms with Crippen LogP contribution in [0.3, 0.4) is 0 Å². The van der Waals surface area contributed by atoms with Crippen molar-refractivity contribution in [3.63, 3.8) is 0 Å². The Bertz CT molecular complexity index is 663. The summed E-state index contributed by atoms with van der Waals surface area (Å²) in [5.41, 5.74) is 2.29. The van der Waals surface area contributed by atoms with Gasteiger partial charge in [-0.05, 0) is 29.6 Å². The van der Waals surface area contributed by atoms with Crippen LogP contribution in [-0.4, -0.2) is 4.98 Å². The normalized spacial score (nSPS) is 10.6. The molecule has 0 bridgehead atoms. The van der Waals surface area contributed by atoms with E-state index in [9.17, 15) is 4.39 Å². The lowest BCUT2D eigenvalue weighted by Gasteiger charge is -2.07. The van der Waals surface area contributed by atoms with Crippen molar-refractivity contribution in [2.75, 3.05) is 5.32 Å². The van der Waals surface area contributed by atoms with Gasteiger partial charge in [0.2, 0.25) is 0 Å². The largest absolute Gasteiger partial charge is 0.352 e. The highest BCUT2D eigenvalue weighted by Crippen LogP contribution is 2.29. The van der Waals surface area contributed by atoms with Crippen LogP contribution in [-0.2, 0) is 0 Å². The molecule has 2 nitrogen and oxygen atoms in total. The van der Waals surface area contributed by atoms with E-state index in [0.29, 0.717) is 5.69 Å². The van der Waals surface area contributed by atoms with E-state index in [0.717, 1.165) is 15.9 Å². The Kier molecular flexibility index (Phi) is 2.49. The Morgan fingerprint density at radius 2 is 1.94 bits per heavy atom. The molecule has 0 unspecified atom stereocenters. The third-order valence-corrected chi connectivity index (χ3v) is 3.42. The van der Waals surface area contributed by atoms with Crippen molar-refractivity contribution in [2.24, 2.45) is 0 Å². The van der Waals surface area contributed by atoms with Crippen molar-refractivity contribution in [3.05, 3.63) is 53.8 Å². The maximum absolute atomic E-state index is 13.5. The average molecular weight is 244 g/mol. The lowest BCUT2D eigenvalue weighted by Crippen LogP contribution is -1.93. The molecule has 2 heterocycles. The van der Waals surface area contributed by atoms with Crippen LogP contribution in [0.15, 0.2) is 48.0 Å². The number of halogens is 1. The average Bonchev–Trinajstić information content (AvgIpc) is 2.81. The Balaban J connectivity index is 2.06. The van der Waals surface area contributed by atoms with Gasteiger partial charge in [-0.3, -0.25) is 4.98 Å². The van der Waals surface area contributed by atoms with E-state index in [2.05, 4.69) is 10.3 Å². The molecule has 0 saturated heterocycles. The number of benzene rings is 1. The van der Waals surface area contributed by atoms with E-state index >= 15 is 0 Å². The number of fused-ring (bicyclic) bond motifs is 1. The van der Waals surface area contributed by atoms with Gasteiger partial charge in [-0.25, -0.2) is 4.39 Å². The molecule has 0 aliphatic carbocycles. The van der Waals surface area contributed by atoms with Crippen molar-refractivity contribution in [3.8, 4) is 0 Å². The van der Waals surface area contributed by atoms with E-state index in [-0.39, 0.29) is 5.82 Å². The zero-order chi connectivity index (χ0) is 11.7. The lowest BCUT2D eigenvalue weighted by atomic mass is 10.3. The summed E-state index contributed by atoms with van der Waals surface area (Å²) in [5, 5.41) is 5.07. The second-order valence-corrected chi connectivity index (χ2v) is 4.51. The van der Waals surface area contributed by atoms with Gasteiger partial charge in [0.25, 0.3) is 0 Å². The lowest BCUT2D eigenvalue weighted by molar-refractivity contribution is 0.632. The first-order chi connectivity index (χ1) is 8.34. The maximum atomic E-state index is 13.5. The van der Waals surface area contributed by atoms with Crippen molar-refractivity contribution in [1.29, 1.82) is 0 Å². The van der Waals surface area contributed by atoms with Gasteiger partial charge in [0.15, 0.2) is 0 Å². The molecular formula is C13H9FN2S. The number of hydrogen-bond acceptors (Lipinski definition) is 3. The number of rotatable bonds is 2. The molecule has 0 amide bonds. The van der Waals surface area contributed by atoms with Gasteiger partial charge in [0.05, 0.1) is 21.6 Å². The van der Waals surface area contributed by atoms with Gasteiger partial charge in [0.1, 0.15) is 5.82 Å². The first kappa shape index (κ1) is 10.2. The smallest absolute Gasteiger partial charge is 0.146 e. The molecule has 0 aliphatic rings. The van der Waals surface area contributed by atoms with E-state index in [1.165, 1.54) is 6.07 Å². The monoisotopic (exact) mass is 244 g/mol. The van der Waals surface area contributed by atoms with Crippen molar-refractivity contribution in [1.82, 2.24) is 4.98 Å². The minimum Gasteiger partial charge on any atom is -0.352 e. The van der Waals surface area contributed by atoms with Gasteiger partial charge in [-0.15, -0.1) is 11.3 Å². The Morgan fingerprint density at radius 1 is 1.06 bits per heavy atom. The molecule has 1 aromatic carbocycles. The Hall–Kier alpha value is -1.94. The van der Waals surface area contributed by atoms with Gasteiger partial charge in [-0.1, -0.05) is 12.1 Å². The molecule has 4 heteroatoms. The first-order valence-electron chi connectivity index (χ1n) is 5.18. The number of hydrogen-bond donors (Lipinski definition) is 1. The highest BCUT2D eigenvalue weighted by molar-refractivity contribution is 7.17. The van der Waals surface area contributed by atoms with Crippen LogP contribution < -0.4 is 5.32 Å². The number of para-hydroxylation sites is 1. The summed E-state index contributed by atoms with van der Waals surface area (Å²) in [7, 11) is 0. The molecule has 3 rings (SSSR count). The number of pyridine rings is 1. The zero-order valence-corrected chi connectivity index (χ0v) is 9.67. The standard InChI is InChI=1S/C13H9FN2S/c14-9-3-1-2-4-10(9)16-12-5-7-15-11-6-8-17-13(11)12/h1-8H,(H,15,16). The number of nitrogens with zero attached hydrogens (tertiary/aromatic N) is 1. The molecule has 0 atom stereocenters. The fourth-order valence-corrected chi connectivity index (χ4v) is 2.50. The zero-order valence-electron chi connectivity index (χ0n) is 8.85. The van der Waals surface area contributed by atoms with Crippen molar-refractivity contribution >= 4 is 32.9 Å². The fourth-order valence-electron chi connectivity index (χ4n) is 1.68. The molecule has 3 aromatic rings. The van der Waals surface area contributed by atoms with Crippen LogP contribution in [0, 0.1) is 5.82 Å². The summed E-state index contributed by atoms with van der Waals surface area (Å²) < 4.78 is 14.6. The third kappa shape index (κ3) is 1.87. The summed E-state index contributed by atoms with van der Waals surface area (Å²) in [6, 6.07) is 10.4. The highest BCUT2D eigenvalue weighted by atomic mass is 32.1. The molecule has 1 N–H and O–H groups in total. The summed E-state index contributed by atoms with van der Waals surface area (Å²) in [6.07, 6.45) is 1.72. The van der Waals surface area contributed by atoms with Crippen LogP contribution in [0.5, 0.6) is 0 Å². The second kappa shape index (κ2) is 4.14. The molecule has 0 aliphatic heterocycles. The van der Waals surface area contributed by atoms with Gasteiger partial charge >= 0.3 is 0 Å². The topological polar surface area (TPSA) is 24.9 Å². The van der Waals surface area contributed by atoms with Gasteiger partial charge < -0.3 is 5.32 Å². The minimum atomic E-state index is -0.256. The summed E-state index contributed by atoms with van der Waals surface area (Å²) in [6.45, 7) is 0. The predicted octanol–water partition coefficient (Wildman–Crippen LogP) is 4.18. The molecule has 0 saturated carbocycles. The summed E-state index contributed by atoms with van der Waals surface area (Å²) in [4.78, 5) is 4.24. The quantitative estimate of drug-likeness (QED) is 0.731. The molecule has 0 fully saturated rings. The molecule has 2 aromatic heterocycles. The van der Waals surface area contributed by atoms with Crippen LogP contribution in [0.4, 0.5) is 15.8 Å². The van der Waals surface area contributed by atoms with Gasteiger partial charge in [0, 0.05) is 6.20 Å². The predicted molar refractivity (Wildman–Crippen MR) is 69.3 cm³/mol. The van der Waals surface area contributed by atoms with E-state index in [4.69, 9.17) is 0 Å². The Morgan fingerprint density at radius 3 is 2.82 bits per heavy atom. The SMILES string of the molecule is Fc1ccccc1Nc1ccnc2ccsc12. The molecular weight excluding hydrogens is 235 g/mol. The van der Waals surface area contributed by atoms with Crippen LogP contribution in [0.25, 0.3) is 10.2 Å². The summed E-state index contributed by atoms with van der Waals surface area (Å²) in [5.74, 6) is -0.256. The number of nitrogens with one attached hydrogen (secondary N) is 1. The van der Waals surface area contributed by atoms with E-state index in [1.54, 1.807) is 35.7 Å². The molecule has 0 spiro atoms. The number of thiophene rings is 1. The second-order valence-electron chi connectivity index (χ2n) is 3.60. The van der Waals surface area contributed by atoms with Crippen LogP contribution in [0.1, 0.15) is 0 Å². The van der Waals surface area contributed by atoms with Crippen molar-refractivity contribution in [2.45, 2.75) is 0 Å². The molecule has 0 radical (unpaired) electrons. The number of anilines is 2. The van der Waals surface area contributed by atoms with Crippen LogP contribution >= 0.6 is 11.3 Å². The van der Waals surface area contributed by atoms with E-state index in [1.807, 2.05) is 17.5 Å². The third-order valence-electron chi connectivity index (χ3n) is 2.49. The molecule has 17 heavy (non-hydrogen) atoms.